The molecule has 9 heteroatoms. The molecule has 0 N–H and O–H groups in total. The van der Waals surface area contributed by atoms with Crippen LogP contribution >= 0.6 is 0 Å². The van der Waals surface area contributed by atoms with Crippen LogP contribution in [0, 0.1) is 0 Å². The number of amides is 1. The fourth-order valence-corrected chi connectivity index (χ4v) is 3.92. The molecule has 168 valence electrons. The summed E-state index contributed by atoms with van der Waals surface area (Å²) in [5.74, 6) is 0.688. The van der Waals surface area contributed by atoms with Gasteiger partial charge in [-0.05, 0) is 18.6 Å². The Balaban J connectivity index is 1.29. The van der Waals surface area contributed by atoms with E-state index in [0.29, 0.717) is 25.5 Å². The standard InChI is InChI=1S/C24H25N7O2/c1-17-13-30(6-7-33-17)23(32)16-31-15-22(12-28-31)20-9-25-24(26-10-20)19-5-3-4-18(8-19)21-11-27-29(2)14-21/h3-5,8-12,14-15,17H,6-7,13,16H2,1-2H3. The monoisotopic (exact) mass is 443 g/mol. The van der Waals surface area contributed by atoms with Gasteiger partial charge in [0.15, 0.2) is 5.82 Å². The average Bonchev–Trinajstić information content (AvgIpc) is 3.48. The fourth-order valence-electron chi connectivity index (χ4n) is 3.92. The third-order valence-corrected chi connectivity index (χ3v) is 5.67. The van der Waals surface area contributed by atoms with Crippen molar-refractivity contribution in [1.29, 1.82) is 0 Å². The number of aryl methyl sites for hydroxylation is 1. The van der Waals surface area contributed by atoms with Gasteiger partial charge in [0.25, 0.3) is 0 Å². The Hall–Kier alpha value is -3.85. The van der Waals surface area contributed by atoms with Gasteiger partial charge >= 0.3 is 0 Å². The number of aromatic nitrogens is 6. The summed E-state index contributed by atoms with van der Waals surface area (Å²) in [6, 6.07) is 8.08. The van der Waals surface area contributed by atoms with Crippen LogP contribution in [0.2, 0.25) is 0 Å². The highest BCUT2D eigenvalue weighted by Crippen LogP contribution is 2.25. The Morgan fingerprint density at radius 3 is 2.52 bits per heavy atom. The number of ether oxygens (including phenoxy) is 1. The van der Waals surface area contributed by atoms with Crippen LogP contribution in [0.5, 0.6) is 0 Å². The molecule has 1 unspecified atom stereocenters. The molecular formula is C24H25N7O2. The lowest BCUT2D eigenvalue weighted by atomic mass is 10.1. The largest absolute Gasteiger partial charge is 0.375 e. The van der Waals surface area contributed by atoms with Gasteiger partial charge in [0.1, 0.15) is 6.54 Å². The van der Waals surface area contributed by atoms with E-state index in [1.165, 1.54) is 0 Å². The zero-order chi connectivity index (χ0) is 22.8. The zero-order valence-corrected chi connectivity index (χ0v) is 18.6. The van der Waals surface area contributed by atoms with Crippen molar-refractivity contribution in [2.45, 2.75) is 19.6 Å². The second-order valence-electron chi connectivity index (χ2n) is 8.23. The molecular weight excluding hydrogens is 418 g/mol. The molecule has 0 aliphatic carbocycles. The summed E-state index contributed by atoms with van der Waals surface area (Å²) < 4.78 is 8.94. The maximum Gasteiger partial charge on any atom is 0.244 e. The highest BCUT2D eigenvalue weighted by Gasteiger charge is 2.21. The average molecular weight is 444 g/mol. The molecule has 1 atom stereocenters. The van der Waals surface area contributed by atoms with Gasteiger partial charge < -0.3 is 9.64 Å². The third kappa shape index (κ3) is 4.68. The van der Waals surface area contributed by atoms with Crippen molar-refractivity contribution in [1.82, 2.24) is 34.4 Å². The van der Waals surface area contributed by atoms with E-state index in [0.717, 1.165) is 27.8 Å². The minimum absolute atomic E-state index is 0.0416. The summed E-state index contributed by atoms with van der Waals surface area (Å²) >= 11 is 0. The van der Waals surface area contributed by atoms with Crippen LogP contribution in [0.25, 0.3) is 33.6 Å². The number of hydrogen-bond acceptors (Lipinski definition) is 6. The van der Waals surface area contributed by atoms with Crippen LogP contribution in [0.4, 0.5) is 0 Å². The molecule has 1 fully saturated rings. The number of carbonyl (C=O) groups is 1. The van der Waals surface area contributed by atoms with E-state index >= 15 is 0 Å². The molecule has 0 bridgehead atoms. The van der Waals surface area contributed by atoms with Gasteiger partial charge in [-0.15, -0.1) is 0 Å². The Labute approximate surface area is 191 Å². The minimum Gasteiger partial charge on any atom is -0.375 e. The summed E-state index contributed by atoms with van der Waals surface area (Å²) in [6.45, 7) is 3.99. The van der Waals surface area contributed by atoms with Crippen LogP contribution in [0.3, 0.4) is 0 Å². The van der Waals surface area contributed by atoms with Gasteiger partial charge in [-0.3, -0.25) is 14.2 Å². The normalized spacial score (nSPS) is 16.2. The maximum atomic E-state index is 12.6. The van der Waals surface area contributed by atoms with Gasteiger partial charge in [-0.1, -0.05) is 18.2 Å². The van der Waals surface area contributed by atoms with E-state index in [1.807, 2.05) is 55.7 Å². The first-order chi connectivity index (χ1) is 16.0. The molecule has 33 heavy (non-hydrogen) atoms. The summed E-state index contributed by atoms with van der Waals surface area (Å²) in [5, 5.41) is 8.59. The molecule has 1 aliphatic heterocycles. The number of rotatable bonds is 5. The molecule has 0 saturated carbocycles. The van der Waals surface area contributed by atoms with Crippen molar-refractivity contribution >= 4 is 5.91 Å². The van der Waals surface area contributed by atoms with E-state index in [2.05, 4.69) is 26.2 Å². The van der Waals surface area contributed by atoms with Crippen molar-refractivity contribution in [3.8, 4) is 33.6 Å². The topological polar surface area (TPSA) is 91.0 Å². The smallest absolute Gasteiger partial charge is 0.244 e. The lowest BCUT2D eigenvalue weighted by molar-refractivity contribution is -0.138. The zero-order valence-electron chi connectivity index (χ0n) is 18.6. The summed E-state index contributed by atoms with van der Waals surface area (Å²) in [7, 11) is 1.90. The van der Waals surface area contributed by atoms with Crippen LogP contribution in [-0.4, -0.2) is 66.1 Å². The number of benzene rings is 1. The molecule has 9 nitrogen and oxygen atoms in total. The maximum absolute atomic E-state index is 12.6. The molecule has 5 rings (SSSR count). The van der Waals surface area contributed by atoms with Crippen molar-refractivity contribution in [3.63, 3.8) is 0 Å². The van der Waals surface area contributed by atoms with E-state index in [4.69, 9.17) is 4.74 Å². The predicted octanol–water partition coefficient (Wildman–Crippen LogP) is 2.65. The lowest BCUT2D eigenvalue weighted by Gasteiger charge is -2.31. The number of hydrogen-bond donors (Lipinski definition) is 0. The number of nitrogens with zero attached hydrogens (tertiary/aromatic N) is 7. The fraction of sp³-hybridized carbons (Fsp3) is 0.292. The van der Waals surface area contributed by atoms with E-state index in [9.17, 15) is 4.79 Å². The van der Waals surface area contributed by atoms with Crippen molar-refractivity contribution in [2.24, 2.45) is 7.05 Å². The van der Waals surface area contributed by atoms with Gasteiger partial charge in [-0.25, -0.2) is 9.97 Å². The van der Waals surface area contributed by atoms with Crippen molar-refractivity contribution in [3.05, 3.63) is 61.4 Å². The Morgan fingerprint density at radius 2 is 1.76 bits per heavy atom. The molecule has 1 saturated heterocycles. The van der Waals surface area contributed by atoms with Crippen molar-refractivity contribution in [2.75, 3.05) is 19.7 Å². The molecule has 1 aromatic carbocycles. The molecule has 3 aromatic heterocycles. The van der Waals surface area contributed by atoms with Crippen LogP contribution in [0.15, 0.2) is 61.4 Å². The van der Waals surface area contributed by atoms with Gasteiger partial charge in [-0.2, -0.15) is 10.2 Å². The van der Waals surface area contributed by atoms with Crippen molar-refractivity contribution < 1.29 is 9.53 Å². The second kappa shape index (κ2) is 8.95. The van der Waals surface area contributed by atoms with E-state index in [1.54, 1.807) is 28.0 Å². The molecule has 1 amide bonds. The SMILES string of the molecule is CC1CN(C(=O)Cn2cc(-c3cnc(-c4cccc(-c5cnn(C)c5)c4)nc3)cn2)CCO1. The minimum atomic E-state index is 0.0416. The van der Waals surface area contributed by atoms with Crippen LogP contribution in [-0.2, 0) is 23.1 Å². The van der Waals surface area contributed by atoms with Gasteiger partial charge in [0.2, 0.25) is 5.91 Å². The Morgan fingerprint density at radius 1 is 1.00 bits per heavy atom. The predicted molar refractivity (Wildman–Crippen MR) is 123 cm³/mol. The highest BCUT2D eigenvalue weighted by atomic mass is 16.5. The van der Waals surface area contributed by atoms with E-state index in [-0.39, 0.29) is 18.6 Å². The number of morpholine rings is 1. The van der Waals surface area contributed by atoms with Gasteiger partial charge in [0.05, 0.1) is 25.1 Å². The first kappa shape index (κ1) is 21.0. The third-order valence-electron chi connectivity index (χ3n) is 5.67. The lowest BCUT2D eigenvalue weighted by Crippen LogP contribution is -2.45. The second-order valence-corrected chi connectivity index (χ2v) is 8.23. The quantitative estimate of drug-likeness (QED) is 0.471. The molecule has 0 radical (unpaired) electrons. The van der Waals surface area contributed by atoms with E-state index < -0.39 is 0 Å². The first-order valence-electron chi connectivity index (χ1n) is 10.9. The van der Waals surface area contributed by atoms with Crippen LogP contribution < -0.4 is 0 Å². The Kier molecular flexibility index (Phi) is 5.70. The summed E-state index contributed by atoms with van der Waals surface area (Å²) in [4.78, 5) is 23.5. The van der Waals surface area contributed by atoms with Crippen LogP contribution in [0.1, 0.15) is 6.92 Å². The molecule has 1 aliphatic rings. The molecule has 4 aromatic rings. The highest BCUT2D eigenvalue weighted by molar-refractivity contribution is 5.76. The summed E-state index contributed by atoms with van der Waals surface area (Å²) in [6.07, 6.45) is 11.0. The van der Waals surface area contributed by atoms with Gasteiger partial charge in [0, 0.05) is 67.2 Å². The summed E-state index contributed by atoms with van der Waals surface area (Å²) in [5.41, 5.74) is 4.76. The first-order valence-corrected chi connectivity index (χ1v) is 10.9. The molecule has 0 spiro atoms. The number of carbonyl (C=O) groups excluding carboxylic acids is 1. The Bertz CT molecular complexity index is 1260. The molecule has 4 heterocycles.